The zero-order valence-electron chi connectivity index (χ0n) is 14.5. The number of nitrogens with zero attached hydrogens (tertiary/aromatic N) is 3. The second kappa shape index (κ2) is 8.53. The molecular formula is C18H22FN3O3. The average Bonchev–Trinajstić information content (AvgIpc) is 2.60. The van der Waals surface area contributed by atoms with Gasteiger partial charge in [-0.25, -0.2) is 14.4 Å². The normalized spacial score (nSPS) is 12.1. The topological polar surface area (TPSA) is 75.5 Å². The van der Waals surface area contributed by atoms with Crippen LogP contribution in [0.3, 0.4) is 0 Å². The molecule has 0 spiro atoms. The Morgan fingerprint density at radius 3 is 2.32 bits per heavy atom. The molecule has 2 rings (SSSR count). The Balaban J connectivity index is 2.16. The summed E-state index contributed by atoms with van der Waals surface area (Å²) in [6.45, 7) is 4.45. The molecule has 134 valence electrons. The third kappa shape index (κ3) is 5.22. The molecule has 0 saturated heterocycles. The minimum Gasteiger partial charge on any atom is -0.494 e. The van der Waals surface area contributed by atoms with Gasteiger partial charge in [-0.05, 0) is 23.6 Å². The number of benzene rings is 1. The van der Waals surface area contributed by atoms with E-state index in [0.29, 0.717) is 17.9 Å². The van der Waals surface area contributed by atoms with Crippen LogP contribution < -0.4 is 4.74 Å². The summed E-state index contributed by atoms with van der Waals surface area (Å²) in [6.07, 6.45) is 1.91. The van der Waals surface area contributed by atoms with E-state index in [1.54, 1.807) is 0 Å². The zero-order chi connectivity index (χ0) is 18.4. The third-order valence-corrected chi connectivity index (χ3v) is 3.58. The van der Waals surface area contributed by atoms with Gasteiger partial charge in [-0.1, -0.05) is 26.0 Å². The van der Waals surface area contributed by atoms with Crippen LogP contribution in [0.25, 0.3) is 0 Å². The number of aliphatic hydroxyl groups excluding tert-OH is 1. The van der Waals surface area contributed by atoms with Gasteiger partial charge in [0.1, 0.15) is 5.82 Å². The first-order chi connectivity index (χ1) is 11.9. The first-order valence-electron chi connectivity index (χ1n) is 7.99. The first kappa shape index (κ1) is 18.8. The fourth-order valence-corrected chi connectivity index (χ4v) is 2.35. The number of rotatable bonds is 7. The minimum atomic E-state index is -0.929. The van der Waals surface area contributed by atoms with Crippen molar-refractivity contribution in [1.82, 2.24) is 14.9 Å². The molecule has 0 saturated carbocycles. The summed E-state index contributed by atoms with van der Waals surface area (Å²) in [4.78, 5) is 22.2. The molecule has 0 fully saturated rings. The van der Waals surface area contributed by atoms with Crippen LogP contribution >= 0.6 is 0 Å². The summed E-state index contributed by atoms with van der Waals surface area (Å²) in [5.74, 6) is -0.0658. The lowest BCUT2D eigenvalue weighted by atomic mass is 10.1. The number of halogens is 1. The second-order valence-electron chi connectivity index (χ2n) is 6.12. The summed E-state index contributed by atoms with van der Waals surface area (Å²) < 4.78 is 18.0. The number of carbonyl (C=O) groups excluding carboxylic acids is 1. The molecule has 25 heavy (non-hydrogen) atoms. The van der Waals surface area contributed by atoms with Crippen molar-refractivity contribution in [3.63, 3.8) is 0 Å². The lowest BCUT2D eigenvalue weighted by Crippen LogP contribution is -2.38. The van der Waals surface area contributed by atoms with Crippen LogP contribution in [-0.4, -0.2) is 46.1 Å². The molecule has 1 aromatic heterocycles. The van der Waals surface area contributed by atoms with Gasteiger partial charge in [0.05, 0.1) is 32.2 Å². The monoisotopic (exact) mass is 347 g/mol. The van der Waals surface area contributed by atoms with Crippen molar-refractivity contribution < 1.29 is 19.0 Å². The van der Waals surface area contributed by atoms with Crippen LogP contribution in [0.5, 0.6) is 5.75 Å². The van der Waals surface area contributed by atoms with Crippen LogP contribution in [0.4, 0.5) is 4.39 Å². The summed E-state index contributed by atoms with van der Waals surface area (Å²) in [5.41, 5.74) is 0.540. The van der Waals surface area contributed by atoms with Crippen LogP contribution in [0.2, 0.25) is 0 Å². The van der Waals surface area contributed by atoms with Crippen LogP contribution in [0.1, 0.15) is 36.1 Å². The Labute approximate surface area is 146 Å². The average molecular weight is 347 g/mol. The molecule has 1 aromatic carbocycles. The minimum absolute atomic E-state index is 0.0350. The van der Waals surface area contributed by atoms with E-state index in [9.17, 15) is 14.3 Å². The van der Waals surface area contributed by atoms with Crippen molar-refractivity contribution in [1.29, 1.82) is 0 Å². The lowest BCUT2D eigenvalue weighted by molar-refractivity contribution is 0.0583. The second-order valence-corrected chi connectivity index (χ2v) is 6.12. The van der Waals surface area contributed by atoms with E-state index in [1.165, 1.54) is 48.7 Å². The summed E-state index contributed by atoms with van der Waals surface area (Å²) in [6, 6.07) is 5.56. The number of ether oxygens (including phenoxy) is 1. The van der Waals surface area contributed by atoms with Gasteiger partial charge in [-0.15, -0.1) is 0 Å². The van der Waals surface area contributed by atoms with Crippen molar-refractivity contribution in [2.45, 2.75) is 20.0 Å². The highest BCUT2D eigenvalue weighted by Gasteiger charge is 2.23. The summed E-state index contributed by atoms with van der Waals surface area (Å²) in [7, 11) is 1.49. The molecule has 1 unspecified atom stereocenters. The van der Waals surface area contributed by atoms with E-state index in [4.69, 9.17) is 4.74 Å². The fraction of sp³-hybridized carbons (Fsp3) is 0.389. The molecule has 6 nitrogen and oxygen atoms in total. The maximum Gasteiger partial charge on any atom is 0.291 e. The van der Waals surface area contributed by atoms with E-state index in [1.807, 2.05) is 13.8 Å². The molecular weight excluding hydrogens is 325 g/mol. The molecule has 1 atom stereocenters. The zero-order valence-corrected chi connectivity index (χ0v) is 14.5. The Morgan fingerprint density at radius 1 is 1.20 bits per heavy atom. The van der Waals surface area contributed by atoms with Gasteiger partial charge in [-0.3, -0.25) is 4.79 Å². The predicted octanol–water partition coefficient (Wildman–Crippen LogP) is 2.46. The van der Waals surface area contributed by atoms with Crippen molar-refractivity contribution in [3.8, 4) is 5.75 Å². The third-order valence-electron chi connectivity index (χ3n) is 3.58. The van der Waals surface area contributed by atoms with Gasteiger partial charge in [0, 0.05) is 6.54 Å². The molecule has 0 bridgehead atoms. The van der Waals surface area contributed by atoms with E-state index in [-0.39, 0.29) is 30.0 Å². The smallest absolute Gasteiger partial charge is 0.291 e. The molecule has 1 amide bonds. The molecule has 2 aromatic rings. The molecule has 7 heteroatoms. The van der Waals surface area contributed by atoms with Crippen LogP contribution in [0.15, 0.2) is 36.7 Å². The molecule has 1 N–H and O–H groups in total. The molecule has 0 aliphatic carbocycles. The van der Waals surface area contributed by atoms with Crippen molar-refractivity contribution >= 4 is 5.91 Å². The number of amides is 1. The van der Waals surface area contributed by atoms with Gasteiger partial charge in [0.2, 0.25) is 5.82 Å². The van der Waals surface area contributed by atoms with Gasteiger partial charge >= 0.3 is 0 Å². The number of hydrogen-bond acceptors (Lipinski definition) is 5. The first-order valence-corrected chi connectivity index (χ1v) is 7.99. The van der Waals surface area contributed by atoms with E-state index >= 15 is 0 Å². The molecule has 0 aliphatic rings. The Hall–Kier alpha value is -2.54. The van der Waals surface area contributed by atoms with Gasteiger partial charge in [0.15, 0.2) is 5.75 Å². The predicted molar refractivity (Wildman–Crippen MR) is 90.7 cm³/mol. The number of aliphatic hydroxyl groups is 1. The Morgan fingerprint density at radius 2 is 1.80 bits per heavy atom. The highest BCUT2D eigenvalue weighted by molar-refractivity contribution is 5.90. The van der Waals surface area contributed by atoms with Gasteiger partial charge in [0.25, 0.3) is 5.91 Å². The van der Waals surface area contributed by atoms with Gasteiger partial charge in [-0.2, -0.15) is 0 Å². The summed E-state index contributed by atoms with van der Waals surface area (Å²) in [5, 5.41) is 10.4. The lowest BCUT2D eigenvalue weighted by Gasteiger charge is -2.26. The fourth-order valence-electron chi connectivity index (χ4n) is 2.35. The largest absolute Gasteiger partial charge is 0.494 e. The number of aromatic nitrogens is 2. The summed E-state index contributed by atoms with van der Waals surface area (Å²) >= 11 is 0. The SMILES string of the molecule is COc1cnc(C(=O)N(CC(C)C)CC(O)c2ccc(F)cc2)nc1. The van der Waals surface area contributed by atoms with E-state index in [2.05, 4.69) is 9.97 Å². The molecule has 0 radical (unpaired) electrons. The van der Waals surface area contributed by atoms with Crippen molar-refractivity contribution in [2.24, 2.45) is 5.92 Å². The molecule has 1 heterocycles. The maximum atomic E-state index is 13.0. The van der Waals surface area contributed by atoms with Crippen molar-refractivity contribution in [2.75, 3.05) is 20.2 Å². The Bertz CT molecular complexity index is 690. The number of methoxy groups -OCH3 is 1. The quantitative estimate of drug-likeness (QED) is 0.833. The number of carbonyl (C=O) groups is 1. The highest BCUT2D eigenvalue weighted by Crippen LogP contribution is 2.17. The van der Waals surface area contributed by atoms with Crippen molar-refractivity contribution in [3.05, 3.63) is 53.9 Å². The van der Waals surface area contributed by atoms with E-state index < -0.39 is 6.10 Å². The highest BCUT2D eigenvalue weighted by atomic mass is 19.1. The number of hydrogen-bond donors (Lipinski definition) is 1. The van der Waals surface area contributed by atoms with E-state index in [0.717, 1.165) is 0 Å². The maximum absolute atomic E-state index is 13.0. The molecule has 0 aliphatic heterocycles. The standard InChI is InChI=1S/C18H22FN3O3/c1-12(2)10-22(11-16(23)13-4-6-14(19)7-5-13)18(24)17-20-8-15(25-3)9-21-17/h4-9,12,16,23H,10-11H2,1-3H3. The van der Waals surface area contributed by atoms with Gasteiger partial charge < -0.3 is 14.7 Å². The Kier molecular flexibility index (Phi) is 6.41. The van der Waals surface area contributed by atoms with Crippen LogP contribution in [0, 0.1) is 11.7 Å². The van der Waals surface area contributed by atoms with Crippen LogP contribution in [-0.2, 0) is 0 Å².